The van der Waals surface area contributed by atoms with Crippen molar-refractivity contribution in [2.45, 2.75) is 31.6 Å². The highest BCUT2D eigenvalue weighted by atomic mass is 32.2. The number of nitrogens with one attached hydrogen (secondary N) is 1. The zero-order valence-electron chi connectivity index (χ0n) is 12.9. The Hall–Kier alpha value is -1.46. The van der Waals surface area contributed by atoms with Gasteiger partial charge in [-0.25, -0.2) is 8.42 Å². The second-order valence-electron chi connectivity index (χ2n) is 5.78. The molecule has 2 rings (SSSR count). The van der Waals surface area contributed by atoms with Gasteiger partial charge in [-0.1, -0.05) is 25.1 Å². The molecule has 5 heteroatoms. The van der Waals surface area contributed by atoms with Crippen LogP contribution in [0.25, 0.3) is 10.9 Å². The number of aromatic nitrogens is 1. The van der Waals surface area contributed by atoms with Crippen molar-refractivity contribution in [3.63, 3.8) is 0 Å². The summed E-state index contributed by atoms with van der Waals surface area (Å²) in [6.45, 7) is 6.21. The first kappa shape index (κ1) is 15.9. The Bertz CT molecular complexity index is 734. The molecule has 1 unspecified atom stereocenters. The van der Waals surface area contributed by atoms with E-state index >= 15 is 0 Å². The van der Waals surface area contributed by atoms with E-state index in [0.717, 1.165) is 16.5 Å². The van der Waals surface area contributed by atoms with E-state index in [1.807, 2.05) is 37.3 Å². The molecular formula is C16H22N2O2S. The fourth-order valence-electron chi connectivity index (χ4n) is 2.53. The molecule has 1 heterocycles. The Morgan fingerprint density at radius 2 is 1.95 bits per heavy atom. The van der Waals surface area contributed by atoms with Crippen LogP contribution in [0.1, 0.15) is 32.4 Å². The third-order valence-corrected chi connectivity index (χ3v) is 6.20. The maximum Gasteiger partial charge on any atom is 0.154 e. The number of fused-ring (bicyclic) bond motifs is 1. The van der Waals surface area contributed by atoms with E-state index in [0.29, 0.717) is 6.54 Å². The Kier molecular flexibility index (Phi) is 4.35. The highest BCUT2D eigenvalue weighted by Crippen LogP contribution is 2.35. The van der Waals surface area contributed by atoms with Crippen molar-refractivity contribution in [3.8, 4) is 0 Å². The van der Waals surface area contributed by atoms with Crippen LogP contribution in [0.3, 0.4) is 0 Å². The van der Waals surface area contributed by atoms with Gasteiger partial charge in [0.05, 0.1) is 16.3 Å². The largest absolute Gasteiger partial charge is 0.309 e. The fourth-order valence-corrected chi connectivity index (χ4v) is 3.17. The van der Waals surface area contributed by atoms with Crippen LogP contribution in [-0.2, 0) is 9.84 Å². The molecular weight excluding hydrogens is 284 g/mol. The van der Waals surface area contributed by atoms with Crippen LogP contribution in [0, 0.1) is 0 Å². The molecule has 0 aliphatic carbocycles. The van der Waals surface area contributed by atoms with Gasteiger partial charge in [0.15, 0.2) is 9.84 Å². The Morgan fingerprint density at radius 3 is 2.57 bits per heavy atom. The van der Waals surface area contributed by atoms with E-state index in [-0.39, 0.29) is 6.04 Å². The van der Waals surface area contributed by atoms with E-state index in [1.165, 1.54) is 6.26 Å². The van der Waals surface area contributed by atoms with Gasteiger partial charge in [0.25, 0.3) is 0 Å². The molecule has 0 spiro atoms. The molecule has 114 valence electrons. The lowest BCUT2D eigenvalue weighted by molar-refractivity contribution is 0.430. The Balaban J connectivity index is 2.67. The second kappa shape index (κ2) is 5.73. The van der Waals surface area contributed by atoms with Crippen molar-refractivity contribution in [1.29, 1.82) is 0 Å². The summed E-state index contributed by atoms with van der Waals surface area (Å²) in [7, 11) is -3.22. The van der Waals surface area contributed by atoms with Crippen LogP contribution >= 0.6 is 0 Å². The highest BCUT2D eigenvalue weighted by Gasteiger charge is 2.40. The van der Waals surface area contributed by atoms with Crippen molar-refractivity contribution in [3.05, 3.63) is 42.1 Å². The molecule has 1 N–H and O–H groups in total. The van der Waals surface area contributed by atoms with E-state index in [9.17, 15) is 8.42 Å². The van der Waals surface area contributed by atoms with E-state index < -0.39 is 14.6 Å². The summed E-state index contributed by atoms with van der Waals surface area (Å²) in [5, 5.41) is 4.32. The van der Waals surface area contributed by atoms with Crippen LogP contribution in [-0.4, -0.2) is 30.9 Å². The van der Waals surface area contributed by atoms with Gasteiger partial charge in [0.1, 0.15) is 0 Å². The zero-order chi connectivity index (χ0) is 15.7. The number of hydrogen-bond acceptors (Lipinski definition) is 4. The van der Waals surface area contributed by atoms with E-state index in [2.05, 4.69) is 10.3 Å². The van der Waals surface area contributed by atoms with Crippen molar-refractivity contribution in [1.82, 2.24) is 10.3 Å². The first-order valence-corrected chi connectivity index (χ1v) is 8.94. The smallest absolute Gasteiger partial charge is 0.154 e. The highest BCUT2D eigenvalue weighted by molar-refractivity contribution is 7.92. The van der Waals surface area contributed by atoms with Crippen LogP contribution in [0.2, 0.25) is 0 Å². The van der Waals surface area contributed by atoms with Crippen LogP contribution in [0.4, 0.5) is 0 Å². The van der Waals surface area contributed by atoms with Crippen LogP contribution in [0.5, 0.6) is 0 Å². The zero-order valence-corrected chi connectivity index (χ0v) is 13.7. The third kappa shape index (κ3) is 2.94. The van der Waals surface area contributed by atoms with Gasteiger partial charge in [-0.15, -0.1) is 0 Å². The van der Waals surface area contributed by atoms with Crippen LogP contribution < -0.4 is 5.32 Å². The predicted octanol–water partition coefficient (Wildman–Crippen LogP) is 2.71. The summed E-state index contributed by atoms with van der Waals surface area (Å²) in [5.41, 5.74) is 1.85. The topological polar surface area (TPSA) is 59.1 Å². The normalized spacial score (nSPS) is 14.3. The fraction of sp³-hybridized carbons (Fsp3) is 0.438. The van der Waals surface area contributed by atoms with Gasteiger partial charge >= 0.3 is 0 Å². The lowest BCUT2D eigenvalue weighted by atomic mass is 9.92. The summed E-state index contributed by atoms with van der Waals surface area (Å²) in [6.07, 6.45) is 3.04. The first-order chi connectivity index (χ1) is 9.79. The number of benzene rings is 1. The van der Waals surface area contributed by atoms with Crippen LogP contribution in [0.15, 0.2) is 36.5 Å². The molecule has 0 aliphatic heterocycles. The minimum atomic E-state index is -3.22. The lowest BCUT2D eigenvalue weighted by Gasteiger charge is -2.34. The summed E-state index contributed by atoms with van der Waals surface area (Å²) in [6, 6.07) is 9.42. The van der Waals surface area contributed by atoms with Crippen molar-refractivity contribution in [2.75, 3.05) is 12.8 Å². The minimum absolute atomic E-state index is 0.287. The molecule has 1 aromatic carbocycles. The molecule has 1 atom stereocenters. The maximum absolute atomic E-state index is 12.2. The van der Waals surface area contributed by atoms with Crippen molar-refractivity contribution < 1.29 is 8.42 Å². The number of nitrogens with zero attached hydrogens (tertiary/aromatic N) is 1. The second-order valence-corrected chi connectivity index (χ2v) is 8.38. The Morgan fingerprint density at radius 1 is 1.24 bits per heavy atom. The number of sulfone groups is 1. The quantitative estimate of drug-likeness (QED) is 0.922. The molecule has 4 nitrogen and oxygen atoms in total. The average molecular weight is 306 g/mol. The molecule has 0 saturated carbocycles. The molecule has 0 fully saturated rings. The molecule has 0 aliphatic rings. The van der Waals surface area contributed by atoms with Gasteiger partial charge in [-0.3, -0.25) is 4.98 Å². The molecule has 21 heavy (non-hydrogen) atoms. The number of rotatable bonds is 5. The summed E-state index contributed by atoms with van der Waals surface area (Å²) in [4.78, 5) is 4.35. The maximum atomic E-state index is 12.2. The molecule has 0 radical (unpaired) electrons. The SMILES string of the molecule is CCNC(c1cccc2ncccc12)C(C)(C)S(C)(=O)=O. The predicted molar refractivity (Wildman–Crippen MR) is 87.1 cm³/mol. The average Bonchev–Trinajstić information content (AvgIpc) is 2.43. The van der Waals surface area contributed by atoms with Gasteiger partial charge in [0.2, 0.25) is 0 Å². The van der Waals surface area contributed by atoms with Crippen molar-refractivity contribution >= 4 is 20.7 Å². The van der Waals surface area contributed by atoms with E-state index in [1.54, 1.807) is 20.0 Å². The molecule has 0 bridgehead atoms. The first-order valence-electron chi connectivity index (χ1n) is 7.05. The molecule has 0 amide bonds. The van der Waals surface area contributed by atoms with E-state index in [4.69, 9.17) is 0 Å². The monoisotopic (exact) mass is 306 g/mol. The Labute approximate surface area is 126 Å². The molecule has 2 aromatic rings. The summed E-state index contributed by atoms with van der Waals surface area (Å²) >= 11 is 0. The third-order valence-electron chi connectivity index (χ3n) is 4.05. The summed E-state index contributed by atoms with van der Waals surface area (Å²) in [5.74, 6) is 0. The van der Waals surface area contributed by atoms with Gasteiger partial charge in [-0.05, 0) is 38.1 Å². The van der Waals surface area contributed by atoms with Gasteiger partial charge in [-0.2, -0.15) is 0 Å². The van der Waals surface area contributed by atoms with Gasteiger partial charge < -0.3 is 5.32 Å². The number of hydrogen-bond donors (Lipinski definition) is 1. The standard InChI is InChI=1S/C16H22N2O2S/c1-5-17-15(16(2,3)21(4,19)20)13-8-6-10-14-12(13)9-7-11-18-14/h6-11,15,17H,5H2,1-4H3. The molecule has 1 aromatic heterocycles. The lowest BCUT2D eigenvalue weighted by Crippen LogP contribution is -2.45. The van der Waals surface area contributed by atoms with Crippen molar-refractivity contribution in [2.24, 2.45) is 0 Å². The molecule has 0 saturated heterocycles. The minimum Gasteiger partial charge on any atom is -0.309 e. The number of pyridine rings is 1. The summed E-state index contributed by atoms with van der Waals surface area (Å²) < 4.78 is 23.5. The van der Waals surface area contributed by atoms with Gasteiger partial charge in [0, 0.05) is 17.8 Å².